The van der Waals surface area contributed by atoms with Gasteiger partial charge in [0.25, 0.3) is 0 Å². The van der Waals surface area contributed by atoms with Crippen LogP contribution < -0.4 is 0 Å². The summed E-state index contributed by atoms with van der Waals surface area (Å²) in [4.78, 5) is 29.2. The van der Waals surface area contributed by atoms with Gasteiger partial charge in [-0.1, -0.05) is 360 Å². The Kier molecular flexibility index (Phi) is 21.7. The molecule has 550 valence electrons. The van der Waals surface area contributed by atoms with E-state index in [0.29, 0.717) is 5.82 Å². The Hall–Kier alpha value is -15.2. The lowest BCUT2D eigenvalue weighted by Gasteiger charge is -2.18. The number of hydrogen-bond donors (Lipinski definition) is 0. The number of aromatic nitrogens is 6. The summed E-state index contributed by atoms with van der Waals surface area (Å²) in [6.45, 7) is 15.0. The Morgan fingerprint density at radius 2 is 0.595 bits per heavy atom. The maximum absolute atomic E-state index is 5.29. The number of hydrogen-bond acceptors (Lipinski definition) is 6. The van der Waals surface area contributed by atoms with E-state index in [9.17, 15) is 0 Å². The van der Waals surface area contributed by atoms with Crippen molar-refractivity contribution in [3.05, 3.63) is 449 Å². The molecular formula is C110H80N6. The highest BCUT2D eigenvalue weighted by Gasteiger charge is 2.21. The van der Waals surface area contributed by atoms with Gasteiger partial charge in [-0.05, 0) is 198 Å². The molecule has 4 heterocycles. The zero-order valence-corrected chi connectivity index (χ0v) is 64.1. The van der Waals surface area contributed by atoms with Gasteiger partial charge in [0.05, 0.1) is 22.8 Å². The van der Waals surface area contributed by atoms with Crippen LogP contribution in [-0.2, 0) is 0 Å². The van der Waals surface area contributed by atoms with Crippen molar-refractivity contribution < 1.29 is 0 Å². The standard InChI is InChI=1S/C55H35N3.C31H23N3.C14H12.C10H10/c1-3-13-40-31-42(28-24-36(40)11-1)52-34-51(39-26-22-38(23-27-39)46-17-10-30-56-35-46)57-55(58-52)45-16-9-15-43(33-45)53-47-18-5-7-20-49(47)54(50-21-8-6-19-48(50)53)44-29-25-37-12-2-4-14-41(37)32-44;1-2-8-25(9-3-1)31-33-29(24-15-12-23(13-16-24)28-11-6-18-32-21-28)20-30(34-31)27-17-14-22-7-4-5-10-26(22)19-27;1-3-11-9-13-7-5-6-8-14(13)10-12(11)4-2;1-3-9-7-5-6-8-10(9)4-2/h1-35H;1-8,10-21,25H,9H2;3-10H,1-2H2;3-8H,1-2H2. The van der Waals surface area contributed by atoms with Crippen LogP contribution >= 0.6 is 0 Å². The molecule has 4 aromatic heterocycles. The van der Waals surface area contributed by atoms with Crippen molar-refractivity contribution in [3.8, 4) is 101 Å². The van der Waals surface area contributed by atoms with Crippen LogP contribution in [0.25, 0.3) is 190 Å². The topological polar surface area (TPSA) is 77.3 Å². The molecule has 116 heavy (non-hydrogen) atoms. The van der Waals surface area contributed by atoms with E-state index in [1.165, 1.54) is 81.3 Å². The van der Waals surface area contributed by atoms with Gasteiger partial charge in [-0.3, -0.25) is 9.97 Å². The van der Waals surface area contributed by atoms with E-state index >= 15 is 0 Å². The largest absolute Gasteiger partial charge is 0.264 e. The first-order valence-corrected chi connectivity index (χ1v) is 39.1. The second-order valence-electron chi connectivity index (χ2n) is 28.6. The normalized spacial score (nSPS) is 12.1. The highest BCUT2D eigenvalue weighted by atomic mass is 14.9. The number of pyridine rings is 2. The average Bonchev–Trinajstić information content (AvgIpc) is 0.731. The van der Waals surface area contributed by atoms with Crippen molar-refractivity contribution in [1.29, 1.82) is 0 Å². The van der Waals surface area contributed by atoms with Crippen molar-refractivity contribution in [2.24, 2.45) is 0 Å². The smallest absolute Gasteiger partial charge is 0.160 e. The van der Waals surface area contributed by atoms with E-state index in [0.717, 1.165) is 113 Å². The molecule has 0 radical (unpaired) electrons. The summed E-state index contributed by atoms with van der Waals surface area (Å²) in [6, 6.07) is 122. The molecule has 1 aliphatic carbocycles. The van der Waals surface area contributed by atoms with Crippen molar-refractivity contribution in [2.75, 3.05) is 0 Å². The number of rotatable bonds is 14. The molecule has 0 saturated heterocycles. The molecule has 0 fully saturated rings. The van der Waals surface area contributed by atoms with Crippen LogP contribution in [0.15, 0.2) is 421 Å². The minimum atomic E-state index is 0.179. The van der Waals surface area contributed by atoms with E-state index in [4.69, 9.17) is 19.9 Å². The first-order valence-electron chi connectivity index (χ1n) is 39.1. The average molecular weight is 1490 g/mol. The van der Waals surface area contributed by atoms with Gasteiger partial charge in [-0.2, -0.15) is 0 Å². The molecule has 19 aromatic rings. The predicted octanol–water partition coefficient (Wildman–Crippen LogP) is 29.2. The van der Waals surface area contributed by atoms with Gasteiger partial charge < -0.3 is 0 Å². The summed E-state index contributed by atoms with van der Waals surface area (Å²) in [6.07, 6.45) is 24.2. The molecule has 0 spiro atoms. The Bertz CT molecular complexity index is 6810. The summed E-state index contributed by atoms with van der Waals surface area (Å²) in [5.41, 5.74) is 22.6. The molecule has 0 N–H and O–H groups in total. The fraction of sp³-hybridized carbons (Fsp3) is 0.0182. The Balaban J connectivity index is 0.000000139. The van der Waals surface area contributed by atoms with Crippen molar-refractivity contribution >= 4 is 88.9 Å². The van der Waals surface area contributed by atoms with Crippen LogP contribution in [0.5, 0.6) is 0 Å². The molecule has 1 atom stereocenters. The first kappa shape index (κ1) is 73.6. The second kappa shape index (κ2) is 34.2. The first-order chi connectivity index (χ1) is 57.3. The third-order valence-electron chi connectivity index (χ3n) is 21.4. The minimum Gasteiger partial charge on any atom is -0.264 e. The summed E-state index contributed by atoms with van der Waals surface area (Å²) in [5, 5.41) is 14.7. The zero-order chi connectivity index (χ0) is 78.5. The lowest BCUT2D eigenvalue weighted by atomic mass is 9.85. The number of nitrogens with zero attached hydrogens (tertiary/aromatic N) is 6. The van der Waals surface area contributed by atoms with E-state index in [2.05, 4.69) is 358 Å². The highest BCUT2D eigenvalue weighted by molar-refractivity contribution is 6.22. The number of benzene rings is 15. The molecule has 0 amide bonds. The van der Waals surface area contributed by atoms with Crippen molar-refractivity contribution in [3.63, 3.8) is 0 Å². The maximum Gasteiger partial charge on any atom is 0.160 e. The highest BCUT2D eigenvalue weighted by Crippen LogP contribution is 2.45. The van der Waals surface area contributed by atoms with Gasteiger partial charge in [-0.25, -0.2) is 19.9 Å². The number of fused-ring (bicyclic) bond motifs is 6. The van der Waals surface area contributed by atoms with Gasteiger partial charge in [0.15, 0.2) is 5.82 Å². The quantitative estimate of drug-likeness (QED) is 0.101. The van der Waals surface area contributed by atoms with Gasteiger partial charge in [0.2, 0.25) is 0 Å². The van der Waals surface area contributed by atoms with Gasteiger partial charge in [-0.15, -0.1) is 0 Å². The molecule has 15 aromatic carbocycles. The van der Waals surface area contributed by atoms with E-state index in [1.807, 2.05) is 85.2 Å². The van der Waals surface area contributed by atoms with Gasteiger partial charge in [0, 0.05) is 58.5 Å². The summed E-state index contributed by atoms with van der Waals surface area (Å²) < 4.78 is 0. The molecule has 1 unspecified atom stereocenters. The van der Waals surface area contributed by atoms with Gasteiger partial charge >= 0.3 is 0 Å². The molecule has 0 bridgehead atoms. The summed E-state index contributed by atoms with van der Waals surface area (Å²) in [5.74, 6) is 1.72. The van der Waals surface area contributed by atoms with E-state index < -0.39 is 0 Å². The fourth-order valence-corrected chi connectivity index (χ4v) is 15.4. The molecule has 6 nitrogen and oxygen atoms in total. The molecule has 6 heteroatoms. The lowest BCUT2D eigenvalue weighted by Crippen LogP contribution is -2.05. The molecule has 1 aliphatic rings. The van der Waals surface area contributed by atoms with Crippen LogP contribution in [0, 0.1) is 0 Å². The molecule has 0 saturated carbocycles. The second-order valence-corrected chi connectivity index (χ2v) is 28.6. The van der Waals surface area contributed by atoms with Gasteiger partial charge in [0.1, 0.15) is 5.82 Å². The van der Waals surface area contributed by atoms with Crippen LogP contribution in [0.1, 0.15) is 40.4 Å². The molecule has 20 rings (SSSR count). The fourth-order valence-electron chi connectivity index (χ4n) is 15.4. The minimum absolute atomic E-state index is 0.179. The Morgan fingerprint density at radius 1 is 0.250 bits per heavy atom. The summed E-state index contributed by atoms with van der Waals surface area (Å²) >= 11 is 0. The maximum atomic E-state index is 5.29. The van der Waals surface area contributed by atoms with Crippen molar-refractivity contribution in [2.45, 2.75) is 12.3 Å². The van der Waals surface area contributed by atoms with E-state index in [1.54, 1.807) is 12.4 Å². The van der Waals surface area contributed by atoms with E-state index in [-0.39, 0.29) is 5.92 Å². The Morgan fingerprint density at radius 3 is 1.02 bits per heavy atom. The summed E-state index contributed by atoms with van der Waals surface area (Å²) in [7, 11) is 0. The SMILES string of the molecule is C1=CCC(c2nc(-c3ccc(-c4cccnc4)cc3)cc(-c3ccc4ccccc4c3)n2)C=C1.C=Cc1cc2ccccc2cc1C=C.C=Cc1ccccc1C=C.c1cncc(-c2ccc(-c3cc(-c4ccc5ccccc5c4)nc(-c4cccc(-c5c6ccccc6c(-c6ccc7ccccc7c6)c6ccccc56)c4)n3)cc2)c1. The third kappa shape index (κ3) is 16.0. The van der Waals surface area contributed by atoms with Crippen LogP contribution in [0.3, 0.4) is 0 Å². The zero-order valence-electron chi connectivity index (χ0n) is 64.1. The van der Waals surface area contributed by atoms with Crippen LogP contribution in [0.4, 0.5) is 0 Å². The molecular weight excluding hydrogens is 1410 g/mol. The lowest BCUT2D eigenvalue weighted by molar-refractivity contribution is 0.775. The van der Waals surface area contributed by atoms with Crippen LogP contribution in [0.2, 0.25) is 0 Å². The van der Waals surface area contributed by atoms with Crippen LogP contribution in [-0.4, -0.2) is 29.9 Å². The molecule has 0 aliphatic heterocycles. The number of allylic oxidation sites excluding steroid dienone is 4. The predicted molar refractivity (Wildman–Crippen MR) is 493 cm³/mol. The third-order valence-corrected chi connectivity index (χ3v) is 21.4. The monoisotopic (exact) mass is 1480 g/mol. The van der Waals surface area contributed by atoms with Crippen molar-refractivity contribution in [1.82, 2.24) is 29.9 Å². The Labute approximate surface area is 677 Å².